The maximum absolute atomic E-state index is 13.1. The summed E-state index contributed by atoms with van der Waals surface area (Å²) >= 11 is 0. The van der Waals surface area contributed by atoms with Gasteiger partial charge in [-0.3, -0.25) is 9.59 Å². The lowest BCUT2D eigenvalue weighted by Crippen LogP contribution is -2.22. The third-order valence-corrected chi connectivity index (χ3v) is 5.19. The molecule has 1 heterocycles. The third-order valence-electron chi connectivity index (χ3n) is 5.19. The molecule has 0 fully saturated rings. The number of ketones is 1. The molecular weight excluding hydrogens is 422 g/mol. The van der Waals surface area contributed by atoms with Gasteiger partial charge in [-0.1, -0.05) is 35.9 Å². The summed E-state index contributed by atoms with van der Waals surface area (Å²) in [5.41, 5.74) is 3.10. The molecule has 1 N–H and O–H groups in total. The predicted molar refractivity (Wildman–Crippen MR) is 122 cm³/mol. The first-order chi connectivity index (χ1) is 15.9. The number of nitrogens with one attached hydrogen (secondary N) is 1. The third kappa shape index (κ3) is 5.03. The molecule has 0 aromatic heterocycles. The molecule has 7 nitrogen and oxygen atoms in total. The average Bonchev–Trinajstić information content (AvgIpc) is 2.83. The van der Waals surface area contributed by atoms with E-state index in [0.29, 0.717) is 36.0 Å². The molecule has 0 atom stereocenters. The second-order valence-corrected chi connectivity index (χ2v) is 7.68. The molecule has 1 aliphatic heterocycles. The van der Waals surface area contributed by atoms with Gasteiger partial charge in [0.05, 0.1) is 5.56 Å². The van der Waals surface area contributed by atoms with Gasteiger partial charge in [-0.15, -0.1) is 0 Å². The number of aryl methyl sites for hydroxylation is 2. The van der Waals surface area contributed by atoms with Gasteiger partial charge >= 0.3 is 5.97 Å². The van der Waals surface area contributed by atoms with Crippen molar-refractivity contribution in [2.24, 2.45) is 0 Å². The average molecular weight is 445 g/mol. The first-order valence-electron chi connectivity index (χ1n) is 10.5. The number of esters is 1. The Morgan fingerprint density at radius 3 is 2.36 bits per heavy atom. The second-order valence-electron chi connectivity index (χ2n) is 7.68. The molecule has 4 rings (SSSR count). The van der Waals surface area contributed by atoms with E-state index in [2.05, 4.69) is 5.32 Å². The molecule has 0 aliphatic carbocycles. The lowest BCUT2D eigenvalue weighted by molar-refractivity contribution is -0.119. The number of anilines is 1. The van der Waals surface area contributed by atoms with Crippen molar-refractivity contribution < 1.29 is 28.6 Å². The van der Waals surface area contributed by atoms with Gasteiger partial charge < -0.3 is 19.5 Å². The first kappa shape index (κ1) is 22.1. The van der Waals surface area contributed by atoms with Crippen LogP contribution in [0.25, 0.3) is 0 Å². The number of fused-ring (bicyclic) bond motifs is 1. The summed E-state index contributed by atoms with van der Waals surface area (Å²) in [6.07, 6.45) is 0. The van der Waals surface area contributed by atoms with Crippen LogP contribution in [0.2, 0.25) is 0 Å². The molecule has 0 radical (unpaired) electrons. The van der Waals surface area contributed by atoms with E-state index in [1.165, 1.54) is 6.07 Å². The molecule has 0 unspecified atom stereocenters. The summed E-state index contributed by atoms with van der Waals surface area (Å²) in [5.74, 6) is -0.393. The SMILES string of the molecule is Cc1ccc(C)c(C(=O)c2ccccc2C(=O)OCC(=O)Nc2ccc3c(c2)OCCO3)c1. The summed E-state index contributed by atoms with van der Waals surface area (Å²) in [5, 5.41) is 2.66. The predicted octanol–water partition coefficient (Wildman–Crippen LogP) is 4.10. The van der Waals surface area contributed by atoms with Gasteiger partial charge in [-0.05, 0) is 43.7 Å². The molecule has 0 saturated heterocycles. The van der Waals surface area contributed by atoms with Crippen molar-refractivity contribution in [3.05, 3.63) is 88.5 Å². The number of carbonyl (C=O) groups excluding carboxylic acids is 3. The summed E-state index contributed by atoms with van der Waals surface area (Å²) < 4.78 is 16.1. The topological polar surface area (TPSA) is 90.9 Å². The van der Waals surface area contributed by atoms with E-state index >= 15 is 0 Å². The lowest BCUT2D eigenvalue weighted by Gasteiger charge is -2.19. The zero-order valence-corrected chi connectivity index (χ0v) is 18.3. The fourth-order valence-corrected chi connectivity index (χ4v) is 3.51. The lowest BCUT2D eigenvalue weighted by atomic mass is 9.94. The van der Waals surface area contributed by atoms with Gasteiger partial charge in [-0.25, -0.2) is 4.79 Å². The van der Waals surface area contributed by atoms with E-state index in [0.717, 1.165) is 11.1 Å². The monoisotopic (exact) mass is 445 g/mol. The molecule has 3 aromatic rings. The van der Waals surface area contributed by atoms with Crippen LogP contribution in [0, 0.1) is 13.8 Å². The van der Waals surface area contributed by atoms with E-state index in [9.17, 15) is 14.4 Å². The summed E-state index contributed by atoms with van der Waals surface area (Å²) in [4.78, 5) is 38.2. The zero-order valence-electron chi connectivity index (χ0n) is 18.3. The molecule has 1 amide bonds. The van der Waals surface area contributed by atoms with Gasteiger partial charge in [0, 0.05) is 22.9 Å². The molecule has 168 valence electrons. The number of hydrogen-bond donors (Lipinski definition) is 1. The smallest absolute Gasteiger partial charge is 0.339 e. The Hall–Kier alpha value is -4.13. The minimum atomic E-state index is -0.749. The highest BCUT2D eigenvalue weighted by Gasteiger charge is 2.21. The van der Waals surface area contributed by atoms with Gasteiger partial charge in [0.15, 0.2) is 23.9 Å². The van der Waals surface area contributed by atoms with E-state index in [1.54, 1.807) is 42.5 Å². The molecule has 3 aromatic carbocycles. The Balaban J connectivity index is 1.43. The zero-order chi connectivity index (χ0) is 23.4. The van der Waals surface area contributed by atoms with Gasteiger partial charge in [0.25, 0.3) is 5.91 Å². The Labute approximate surface area is 191 Å². The van der Waals surface area contributed by atoms with E-state index in [1.807, 2.05) is 26.0 Å². The van der Waals surface area contributed by atoms with Crippen LogP contribution in [0.15, 0.2) is 60.7 Å². The maximum Gasteiger partial charge on any atom is 0.339 e. The van der Waals surface area contributed by atoms with Crippen molar-refractivity contribution in [3.8, 4) is 11.5 Å². The second kappa shape index (κ2) is 9.56. The molecule has 0 spiro atoms. The van der Waals surface area contributed by atoms with Crippen LogP contribution in [0.3, 0.4) is 0 Å². The summed E-state index contributed by atoms with van der Waals surface area (Å²) in [7, 11) is 0. The quantitative estimate of drug-likeness (QED) is 0.454. The highest BCUT2D eigenvalue weighted by Crippen LogP contribution is 2.32. The molecular formula is C26H23NO6. The Morgan fingerprint density at radius 2 is 1.58 bits per heavy atom. The summed E-state index contributed by atoms with van der Waals surface area (Å²) in [6.45, 7) is 4.15. The first-order valence-corrected chi connectivity index (χ1v) is 10.5. The fourth-order valence-electron chi connectivity index (χ4n) is 3.51. The van der Waals surface area contributed by atoms with E-state index in [4.69, 9.17) is 14.2 Å². The number of ether oxygens (including phenoxy) is 3. The molecule has 1 aliphatic rings. The van der Waals surface area contributed by atoms with Gasteiger partial charge in [0.1, 0.15) is 13.2 Å². The van der Waals surface area contributed by atoms with Crippen molar-refractivity contribution in [3.63, 3.8) is 0 Å². The van der Waals surface area contributed by atoms with Crippen molar-refractivity contribution in [1.29, 1.82) is 0 Å². The van der Waals surface area contributed by atoms with Crippen LogP contribution in [0.4, 0.5) is 5.69 Å². The normalized spacial score (nSPS) is 12.1. The van der Waals surface area contributed by atoms with Crippen LogP contribution in [0.1, 0.15) is 37.4 Å². The van der Waals surface area contributed by atoms with Crippen LogP contribution in [0.5, 0.6) is 11.5 Å². The Bertz CT molecular complexity index is 1230. The van der Waals surface area contributed by atoms with Crippen LogP contribution in [-0.4, -0.2) is 37.5 Å². The van der Waals surface area contributed by atoms with Crippen LogP contribution in [-0.2, 0) is 9.53 Å². The number of amides is 1. The van der Waals surface area contributed by atoms with E-state index < -0.39 is 18.5 Å². The molecule has 0 saturated carbocycles. The molecule has 7 heteroatoms. The molecule has 0 bridgehead atoms. The van der Waals surface area contributed by atoms with Gasteiger partial charge in [0.2, 0.25) is 0 Å². The van der Waals surface area contributed by atoms with E-state index in [-0.39, 0.29) is 16.9 Å². The van der Waals surface area contributed by atoms with Crippen LogP contribution >= 0.6 is 0 Å². The Kier molecular flexibility index (Phi) is 6.40. The minimum absolute atomic E-state index is 0.107. The number of rotatable bonds is 6. The Morgan fingerprint density at radius 1 is 0.848 bits per heavy atom. The van der Waals surface area contributed by atoms with Gasteiger partial charge in [-0.2, -0.15) is 0 Å². The summed E-state index contributed by atoms with van der Waals surface area (Å²) in [6, 6.07) is 17.0. The molecule has 33 heavy (non-hydrogen) atoms. The largest absolute Gasteiger partial charge is 0.486 e. The highest BCUT2D eigenvalue weighted by molar-refractivity contribution is 6.15. The van der Waals surface area contributed by atoms with Crippen LogP contribution < -0.4 is 14.8 Å². The minimum Gasteiger partial charge on any atom is -0.486 e. The number of benzene rings is 3. The number of hydrogen-bond acceptors (Lipinski definition) is 6. The maximum atomic E-state index is 13.1. The van der Waals surface area contributed by atoms with Crippen molar-refractivity contribution in [1.82, 2.24) is 0 Å². The fraction of sp³-hybridized carbons (Fsp3) is 0.192. The van der Waals surface area contributed by atoms with Crippen molar-refractivity contribution >= 4 is 23.3 Å². The standard InChI is InChI=1S/C26H23NO6/c1-16-7-8-17(2)21(13-16)25(29)19-5-3-4-6-20(19)26(30)33-15-24(28)27-18-9-10-22-23(14-18)32-12-11-31-22/h3-10,13-14H,11-12,15H2,1-2H3,(H,27,28). The number of carbonyl (C=O) groups is 3. The highest BCUT2D eigenvalue weighted by atomic mass is 16.6. The van der Waals surface area contributed by atoms with Crippen molar-refractivity contribution in [2.75, 3.05) is 25.1 Å². The van der Waals surface area contributed by atoms with Crippen molar-refractivity contribution in [2.45, 2.75) is 13.8 Å².